The molecule has 1 N–H and O–H groups in total. The van der Waals surface area contributed by atoms with Crippen molar-refractivity contribution in [3.05, 3.63) is 78.1 Å². The van der Waals surface area contributed by atoms with E-state index in [-0.39, 0.29) is 23.8 Å². The Morgan fingerprint density at radius 2 is 1.77 bits per heavy atom. The van der Waals surface area contributed by atoms with Gasteiger partial charge in [-0.2, -0.15) is 0 Å². The minimum Gasteiger partial charge on any atom is -0.459 e. The second-order valence-electron chi connectivity index (χ2n) is 7.76. The van der Waals surface area contributed by atoms with Crippen molar-refractivity contribution in [2.24, 2.45) is 5.92 Å². The highest BCUT2D eigenvalue weighted by Crippen LogP contribution is 2.25. The molecule has 1 aromatic heterocycles. The van der Waals surface area contributed by atoms with E-state index in [4.69, 9.17) is 4.42 Å². The molecule has 1 unspecified atom stereocenters. The molecule has 4 rings (SSSR count). The molecule has 1 fully saturated rings. The van der Waals surface area contributed by atoms with Crippen LogP contribution in [0.5, 0.6) is 0 Å². The van der Waals surface area contributed by atoms with Crippen LogP contribution in [0.15, 0.2) is 71.2 Å². The molecule has 1 saturated heterocycles. The van der Waals surface area contributed by atoms with Crippen molar-refractivity contribution in [1.82, 2.24) is 10.2 Å². The first-order valence-corrected chi connectivity index (χ1v) is 10.4. The molecule has 5 heteroatoms. The molecule has 0 saturated carbocycles. The molecule has 1 atom stereocenters. The Hall–Kier alpha value is -3.34. The molecular formula is C25H26N2O3. The Kier molecular flexibility index (Phi) is 5.98. The van der Waals surface area contributed by atoms with Crippen LogP contribution < -0.4 is 5.32 Å². The lowest BCUT2D eigenvalue weighted by molar-refractivity contribution is -0.132. The summed E-state index contributed by atoms with van der Waals surface area (Å²) in [6.45, 7) is 3.12. The lowest BCUT2D eigenvalue weighted by Crippen LogP contribution is -2.43. The van der Waals surface area contributed by atoms with Gasteiger partial charge in [-0.05, 0) is 43.5 Å². The predicted octanol–water partition coefficient (Wildman–Crippen LogP) is 4.56. The molecule has 1 aliphatic rings. The van der Waals surface area contributed by atoms with E-state index in [1.807, 2.05) is 78.6 Å². The molecule has 0 spiro atoms. The van der Waals surface area contributed by atoms with Gasteiger partial charge in [-0.1, -0.05) is 48.5 Å². The predicted molar refractivity (Wildman–Crippen MR) is 118 cm³/mol. The Morgan fingerprint density at radius 3 is 2.50 bits per heavy atom. The normalized spacial score (nSPS) is 16.1. The highest BCUT2D eigenvalue weighted by atomic mass is 16.3. The number of carbonyl (C=O) groups excluding carboxylic acids is 2. The number of likely N-dealkylation sites (tertiary alicyclic amines) is 1. The molecule has 154 valence electrons. The lowest BCUT2D eigenvalue weighted by atomic mass is 9.95. The first-order chi connectivity index (χ1) is 14.6. The first kappa shape index (κ1) is 20.0. The standard InChI is InChI=1S/C25H26N2O3/c1-18(23-17-21-9-5-6-10-22(21)30-23)26-25(29)20-13-15-27(16-14-20)24(28)12-11-19-7-3-2-4-8-19/h2-12,17-18,20H,13-16H2,1H3,(H,26,29)/b12-11+. The molecule has 30 heavy (non-hydrogen) atoms. The van der Waals surface area contributed by atoms with Crippen molar-refractivity contribution in [3.8, 4) is 0 Å². The molecule has 1 aliphatic heterocycles. The summed E-state index contributed by atoms with van der Waals surface area (Å²) in [5, 5.41) is 4.10. The molecule has 0 bridgehead atoms. The summed E-state index contributed by atoms with van der Waals surface area (Å²) in [6, 6.07) is 19.4. The van der Waals surface area contributed by atoms with E-state index in [0.29, 0.717) is 25.9 Å². The van der Waals surface area contributed by atoms with Crippen LogP contribution in [0.1, 0.15) is 37.1 Å². The number of hydrogen-bond acceptors (Lipinski definition) is 3. The van der Waals surface area contributed by atoms with Gasteiger partial charge in [-0.15, -0.1) is 0 Å². The monoisotopic (exact) mass is 402 g/mol. The zero-order valence-corrected chi connectivity index (χ0v) is 17.1. The first-order valence-electron chi connectivity index (χ1n) is 10.4. The van der Waals surface area contributed by atoms with E-state index >= 15 is 0 Å². The van der Waals surface area contributed by atoms with Crippen molar-refractivity contribution >= 4 is 28.9 Å². The largest absolute Gasteiger partial charge is 0.459 e. The number of furan rings is 1. The third-order valence-electron chi connectivity index (χ3n) is 5.63. The van der Waals surface area contributed by atoms with E-state index in [9.17, 15) is 9.59 Å². The number of piperidine rings is 1. The smallest absolute Gasteiger partial charge is 0.246 e. The number of fused-ring (bicyclic) bond motifs is 1. The summed E-state index contributed by atoms with van der Waals surface area (Å²) in [5.74, 6) is 0.686. The summed E-state index contributed by atoms with van der Waals surface area (Å²) in [5.41, 5.74) is 1.82. The van der Waals surface area contributed by atoms with Crippen LogP contribution in [0.25, 0.3) is 17.0 Å². The molecule has 2 heterocycles. The zero-order chi connectivity index (χ0) is 20.9. The number of benzene rings is 2. The maximum absolute atomic E-state index is 12.7. The third kappa shape index (κ3) is 4.62. The Bertz CT molecular complexity index is 1010. The second kappa shape index (κ2) is 8.99. The van der Waals surface area contributed by atoms with E-state index in [1.165, 1.54) is 0 Å². The fourth-order valence-electron chi connectivity index (χ4n) is 3.82. The SMILES string of the molecule is CC(NC(=O)C1CCN(C(=O)/C=C/c2ccccc2)CC1)c1cc2ccccc2o1. The van der Waals surface area contributed by atoms with Gasteiger partial charge >= 0.3 is 0 Å². The second-order valence-corrected chi connectivity index (χ2v) is 7.76. The lowest BCUT2D eigenvalue weighted by Gasteiger charge is -2.31. The maximum atomic E-state index is 12.7. The molecule has 2 aromatic carbocycles. The maximum Gasteiger partial charge on any atom is 0.246 e. The van der Waals surface area contributed by atoms with E-state index in [0.717, 1.165) is 22.3 Å². The summed E-state index contributed by atoms with van der Waals surface area (Å²) >= 11 is 0. The van der Waals surface area contributed by atoms with E-state index < -0.39 is 0 Å². The van der Waals surface area contributed by atoms with Crippen molar-refractivity contribution < 1.29 is 14.0 Å². The van der Waals surface area contributed by atoms with Gasteiger partial charge in [-0.3, -0.25) is 9.59 Å². The average Bonchev–Trinajstić information content (AvgIpc) is 3.23. The van der Waals surface area contributed by atoms with Gasteiger partial charge in [-0.25, -0.2) is 0 Å². The van der Waals surface area contributed by atoms with Crippen molar-refractivity contribution in [2.75, 3.05) is 13.1 Å². The van der Waals surface area contributed by atoms with Crippen molar-refractivity contribution in [1.29, 1.82) is 0 Å². The topological polar surface area (TPSA) is 62.6 Å². The highest BCUT2D eigenvalue weighted by molar-refractivity contribution is 5.92. The molecule has 0 aliphatic carbocycles. The van der Waals surface area contributed by atoms with E-state index in [2.05, 4.69) is 5.32 Å². The zero-order valence-electron chi connectivity index (χ0n) is 17.1. The number of nitrogens with zero attached hydrogens (tertiary/aromatic N) is 1. The van der Waals surface area contributed by atoms with Gasteiger partial charge in [0, 0.05) is 30.5 Å². The Balaban J connectivity index is 1.28. The minimum absolute atomic E-state index is 0.00615. The third-order valence-corrected chi connectivity index (χ3v) is 5.63. The van der Waals surface area contributed by atoms with Gasteiger partial charge < -0.3 is 14.6 Å². The number of hydrogen-bond donors (Lipinski definition) is 1. The summed E-state index contributed by atoms with van der Waals surface area (Å²) in [6.07, 6.45) is 4.78. The molecular weight excluding hydrogens is 376 g/mol. The van der Waals surface area contributed by atoms with Gasteiger partial charge in [0.1, 0.15) is 11.3 Å². The fraction of sp³-hybridized carbons (Fsp3) is 0.280. The van der Waals surface area contributed by atoms with Crippen LogP contribution in [-0.2, 0) is 9.59 Å². The Labute approximate surface area is 176 Å². The van der Waals surface area contributed by atoms with Crippen molar-refractivity contribution in [3.63, 3.8) is 0 Å². The number of rotatable bonds is 5. The number of amides is 2. The fourth-order valence-corrected chi connectivity index (χ4v) is 3.82. The molecule has 0 radical (unpaired) electrons. The van der Waals surface area contributed by atoms with Gasteiger partial charge in [0.2, 0.25) is 11.8 Å². The number of para-hydroxylation sites is 1. The van der Waals surface area contributed by atoms with Gasteiger partial charge in [0.15, 0.2) is 0 Å². The van der Waals surface area contributed by atoms with Crippen LogP contribution >= 0.6 is 0 Å². The van der Waals surface area contributed by atoms with Crippen molar-refractivity contribution in [2.45, 2.75) is 25.8 Å². The highest BCUT2D eigenvalue weighted by Gasteiger charge is 2.28. The molecule has 5 nitrogen and oxygen atoms in total. The minimum atomic E-state index is -0.196. The van der Waals surface area contributed by atoms with E-state index in [1.54, 1.807) is 6.08 Å². The van der Waals surface area contributed by atoms with Crippen LogP contribution in [-0.4, -0.2) is 29.8 Å². The number of nitrogens with one attached hydrogen (secondary N) is 1. The molecule has 3 aromatic rings. The number of carbonyl (C=O) groups is 2. The van der Waals surface area contributed by atoms with Crippen LogP contribution in [0.2, 0.25) is 0 Å². The van der Waals surface area contributed by atoms with Crippen LogP contribution in [0, 0.1) is 5.92 Å². The average molecular weight is 402 g/mol. The molecule has 2 amide bonds. The Morgan fingerprint density at radius 1 is 1.07 bits per heavy atom. The summed E-state index contributed by atoms with van der Waals surface area (Å²) in [4.78, 5) is 26.9. The van der Waals surface area contributed by atoms with Gasteiger partial charge in [0.25, 0.3) is 0 Å². The van der Waals surface area contributed by atoms with Gasteiger partial charge in [0.05, 0.1) is 6.04 Å². The quantitative estimate of drug-likeness (QED) is 0.636. The summed E-state index contributed by atoms with van der Waals surface area (Å²) < 4.78 is 5.85. The van der Waals surface area contributed by atoms with Crippen LogP contribution in [0.4, 0.5) is 0 Å². The van der Waals surface area contributed by atoms with Crippen LogP contribution in [0.3, 0.4) is 0 Å². The summed E-state index contributed by atoms with van der Waals surface area (Å²) in [7, 11) is 0.